The summed E-state index contributed by atoms with van der Waals surface area (Å²) in [5.74, 6) is -2.51. The van der Waals surface area contributed by atoms with Crippen LogP contribution in [0.15, 0.2) is 23.3 Å². The van der Waals surface area contributed by atoms with Gasteiger partial charge in [-0.1, -0.05) is 0 Å². The number of rotatable bonds is 1. The smallest absolute Gasteiger partial charge is 0.280 e. The van der Waals surface area contributed by atoms with Crippen LogP contribution in [0.2, 0.25) is 0 Å². The topological polar surface area (TPSA) is 57.2 Å². The van der Waals surface area contributed by atoms with E-state index in [0.717, 1.165) is 6.42 Å². The largest absolute Gasteiger partial charge is 0.472 e. The fraction of sp³-hybridized carbons (Fsp3) is 0.125. The summed E-state index contributed by atoms with van der Waals surface area (Å²) in [6.07, 6.45) is -0.783. The van der Waals surface area contributed by atoms with Crippen molar-refractivity contribution < 1.29 is 23.5 Å². The second kappa shape index (κ2) is 3.38. The predicted octanol–water partition coefficient (Wildman–Crippen LogP) is -0.00961. The van der Waals surface area contributed by atoms with Gasteiger partial charge in [-0.25, -0.2) is 0 Å². The highest BCUT2D eigenvalue weighted by Crippen LogP contribution is 2.22. The first kappa shape index (κ1) is 9.44. The van der Waals surface area contributed by atoms with Gasteiger partial charge in [-0.05, 0) is 0 Å². The number of carboxylic acids is 1. The zero-order chi connectivity index (χ0) is 10.0. The molecule has 0 unspecified atom stereocenters. The Hall–Kier alpha value is -1.65. The number of halogens is 2. The molecular weight excluding hydrogens is 182 g/mol. The number of hydrogen-bond acceptors (Lipinski definition) is 3. The van der Waals surface area contributed by atoms with Crippen LogP contribution in [-0.4, -0.2) is 11.8 Å². The predicted molar refractivity (Wildman–Crippen MR) is 36.3 cm³/mol. The molecule has 0 spiro atoms. The van der Waals surface area contributed by atoms with E-state index in [2.05, 4.69) is 0 Å². The molecule has 5 heteroatoms. The fourth-order valence-electron chi connectivity index (χ4n) is 0.912. The maximum Gasteiger partial charge on any atom is 0.280 e. The standard InChI is InChI=1S/C8H4F2O3/c9-7(10)5-2-1-4(8(12)13)3-6(5)11/h1,3H,2H2. The molecule has 0 aromatic heterocycles. The average Bonchev–Trinajstić information content (AvgIpc) is 2.03. The first-order valence-electron chi connectivity index (χ1n) is 3.37. The highest BCUT2D eigenvalue weighted by Gasteiger charge is 2.27. The molecule has 0 saturated carbocycles. The Kier molecular flexibility index (Phi) is 2.46. The SMILES string of the molecule is O=C([O-])C1=CC(=O)C(=C(F)F)C[CH+]1. The molecule has 0 amide bonds. The second-order valence-electron chi connectivity index (χ2n) is 2.40. The van der Waals surface area contributed by atoms with E-state index < -0.39 is 23.4 Å². The van der Waals surface area contributed by atoms with Gasteiger partial charge in [-0.3, -0.25) is 4.79 Å². The first-order chi connectivity index (χ1) is 6.02. The number of carboxylic acid groups (broad SMARTS) is 1. The van der Waals surface area contributed by atoms with E-state index in [4.69, 9.17) is 0 Å². The Morgan fingerprint density at radius 2 is 2.15 bits per heavy atom. The van der Waals surface area contributed by atoms with Crippen LogP contribution in [0.3, 0.4) is 0 Å². The van der Waals surface area contributed by atoms with E-state index >= 15 is 0 Å². The molecule has 0 atom stereocenters. The summed E-state index contributed by atoms with van der Waals surface area (Å²) in [5, 5.41) is 10.2. The average molecular weight is 186 g/mol. The minimum absolute atomic E-state index is 0.352. The first-order valence-corrected chi connectivity index (χ1v) is 3.37. The number of ketones is 1. The minimum atomic E-state index is -2.07. The van der Waals surface area contributed by atoms with Crippen LogP contribution in [0.25, 0.3) is 0 Å². The van der Waals surface area contributed by atoms with Gasteiger partial charge >= 0.3 is 0 Å². The Balaban J connectivity index is 2.97. The van der Waals surface area contributed by atoms with Crippen molar-refractivity contribution in [2.75, 3.05) is 0 Å². The van der Waals surface area contributed by atoms with E-state index in [9.17, 15) is 23.5 Å². The molecule has 0 fully saturated rings. The lowest BCUT2D eigenvalue weighted by Crippen LogP contribution is -2.27. The Bertz CT molecular complexity index is 324. The fourth-order valence-corrected chi connectivity index (χ4v) is 0.912. The highest BCUT2D eigenvalue weighted by molar-refractivity contribution is 6.10. The monoisotopic (exact) mass is 186 g/mol. The molecule has 0 aromatic rings. The Morgan fingerprint density at radius 1 is 1.54 bits per heavy atom. The van der Waals surface area contributed by atoms with Crippen molar-refractivity contribution >= 4 is 11.8 Å². The van der Waals surface area contributed by atoms with Crippen molar-refractivity contribution in [1.82, 2.24) is 0 Å². The van der Waals surface area contributed by atoms with Crippen molar-refractivity contribution in [2.24, 2.45) is 0 Å². The zero-order valence-electron chi connectivity index (χ0n) is 6.34. The van der Waals surface area contributed by atoms with E-state index in [0.29, 0.717) is 6.08 Å². The van der Waals surface area contributed by atoms with Gasteiger partial charge in [-0.2, -0.15) is 8.78 Å². The highest BCUT2D eigenvalue weighted by atomic mass is 19.3. The van der Waals surface area contributed by atoms with Crippen LogP contribution in [0.5, 0.6) is 0 Å². The Morgan fingerprint density at radius 3 is 2.54 bits per heavy atom. The van der Waals surface area contributed by atoms with Gasteiger partial charge in [0, 0.05) is 12.8 Å². The lowest BCUT2D eigenvalue weighted by atomic mass is 9.94. The van der Waals surface area contributed by atoms with Gasteiger partial charge in [0.1, 0.15) is 0 Å². The molecule has 0 radical (unpaired) electrons. The molecule has 0 N–H and O–H groups in total. The molecule has 68 valence electrons. The van der Waals surface area contributed by atoms with Crippen LogP contribution >= 0.6 is 0 Å². The van der Waals surface area contributed by atoms with Crippen LogP contribution < -0.4 is 5.11 Å². The quantitative estimate of drug-likeness (QED) is 0.427. The molecule has 0 aliphatic heterocycles. The van der Waals surface area contributed by atoms with Gasteiger partial charge in [0.05, 0.1) is 11.6 Å². The van der Waals surface area contributed by atoms with Crippen molar-refractivity contribution in [1.29, 1.82) is 0 Å². The number of carbonyl (C=O) groups is 2. The summed E-state index contributed by atoms with van der Waals surface area (Å²) in [7, 11) is 0. The van der Waals surface area contributed by atoms with Crippen LogP contribution in [0, 0.1) is 6.42 Å². The molecule has 0 bridgehead atoms. The molecule has 13 heavy (non-hydrogen) atoms. The summed E-state index contributed by atoms with van der Waals surface area (Å²) >= 11 is 0. The molecular formula is C8H4F2O3. The van der Waals surface area contributed by atoms with Gasteiger partial charge < -0.3 is 9.90 Å². The third kappa shape index (κ3) is 1.93. The number of hydrogen-bond donors (Lipinski definition) is 0. The molecule has 1 aliphatic rings. The molecule has 3 nitrogen and oxygen atoms in total. The number of carbonyl (C=O) groups excluding carboxylic acids is 2. The van der Waals surface area contributed by atoms with E-state index in [-0.39, 0.29) is 12.0 Å². The third-order valence-corrected chi connectivity index (χ3v) is 1.57. The van der Waals surface area contributed by atoms with Gasteiger partial charge in [0.25, 0.3) is 6.08 Å². The maximum atomic E-state index is 11.9. The maximum absolute atomic E-state index is 11.9. The van der Waals surface area contributed by atoms with E-state index in [1.54, 1.807) is 0 Å². The number of allylic oxidation sites excluding steroid dienone is 2. The summed E-state index contributed by atoms with van der Waals surface area (Å²) in [6.45, 7) is 0. The summed E-state index contributed by atoms with van der Waals surface area (Å²) in [4.78, 5) is 21.0. The van der Waals surface area contributed by atoms with Crippen molar-refractivity contribution in [3.63, 3.8) is 0 Å². The molecule has 0 heterocycles. The molecule has 1 aliphatic carbocycles. The second-order valence-corrected chi connectivity index (χ2v) is 2.40. The number of aliphatic carboxylic acids is 1. The van der Waals surface area contributed by atoms with Crippen molar-refractivity contribution in [3.05, 3.63) is 29.7 Å². The van der Waals surface area contributed by atoms with Gasteiger partial charge in [-0.15, -0.1) is 0 Å². The van der Waals surface area contributed by atoms with E-state index in [1.807, 2.05) is 0 Å². The summed E-state index contributed by atoms with van der Waals surface area (Å²) in [6, 6.07) is 0. The van der Waals surface area contributed by atoms with Crippen molar-refractivity contribution in [2.45, 2.75) is 6.42 Å². The molecule has 0 saturated heterocycles. The van der Waals surface area contributed by atoms with E-state index in [1.165, 1.54) is 0 Å². The summed E-state index contributed by atoms with van der Waals surface area (Å²) in [5.41, 5.74) is -1.01. The normalized spacial score (nSPS) is 16.3. The van der Waals surface area contributed by atoms with Crippen molar-refractivity contribution in [3.8, 4) is 0 Å². The van der Waals surface area contributed by atoms with Gasteiger partial charge in [0.15, 0.2) is 11.5 Å². The Labute approximate surface area is 72.4 Å². The third-order valence-electron chi connectivity index (χ3n) is 1.57. The summed E-state index contributed by atoms with van der Waals surface area (Å²) < 4.78 is 23.9. The van der Waals surface area contributed by atoms with Crippen LogP contribution in [-0.2, 0) is 9.59 Å². The zero-order valence-corrected chi connectivity index (χ0v) is 6.34. The van der Waals surface area contributed by atoms with Crippen LogP contribution in [0.1, 0.15) is 6.42 Å². The van der Waals surface area contributed by atoms with Crippen LogP contribution in [0.4, 0.5) is 8.78 Å². The minimum Gasteiger partial charge on any atom is -0.472 e. The van der Waals surface area contributed by atoms with Gasteiger partial charge in [0.2, 0.25) is 5.78 Å². The molecule has 0 aromatic carbocycles. The lowest BCUT2D eigenvalue weighted by Gasteiger charge is -2.05. The molecule has 1 rings (SSSR count). The lowest BCUT2D eigenvalue weighted by molar-refractivity contribution is -0.299.